The van der Waals surface area contributed by atoms with E-state index in [0.717, 1.165) is 24.1 Å². The molecule has 0 aliphatic rings. The third kappa shape index (κ3) is 10.8. The SMILES string of the molecule is CCNC(=NCCCNS(C)(=O)=O)NC(C)c1ccc(OCC(C)C)cc1. The van der Waals surface area contributed by atoms with Gasteiger partial charge in [-0.1, -0.05) is 26.0 Å². The van der Waals surface area contributed by atoms with Crippen LogP contribution in [-0.4, -0.2) is 46.9 Å². The van der Waals surface area contributed by atoms with Crippen LogP contribution in [0.3, 0.4) is 0 Å². The third-order valence-corrected chi connectivity index (χ3v) is 4.36. The van der Waals surface area contributed by atoms with Gasteiger partial charge in [0.15, 0.2) is 5.96 Å². The molecule has 0 amide bonds. The molecule has 27 heavy (non-hydrogen) atoms. The first-order valence-electron chi connectivity index (χ1n) is 9.43. The molecule has 1 unspecified atom stereocenters. The van der Waals surface area contributed by atoms with Gasteiger partial charge < -0.3 is 15.4 Å². The third-order valence-electron chi connectivity index (χ3n) is 3.63. The maximum absolute atomic E-state index is 11.1. The summed E-state index contributed by atoms with van der Waals surface area (Å²) in [7, 11) is -3.14. The molecule has 154 valence electrons. The summed E-state index contributed by atoms with van der Waals surface area (Å²) in [5.74, 6) is 2.08. The summed E-state index contributed by atoms with van der Waals surface area (Å²) in [6.07, 6.45) is 1.79. The lowest BCUT2D eigenvalue weighted by molar-refractivity contribution is 0.271. The molecular formula is C19H34N4O3S. The lowest BCUT2D eigenvalue weighted by Crippen LogP contribution is -2.39. The van der Waals surface area contributed by atoms with Crippen molar-refractivity contribution in [2.24, 2.45) is 10.9 Å². The summed E-state index contributed by atoms with van der Waals surface area (Å²) >= 11 is 0. The van der Waals surface area contributed by atoms with Crippen molar-refractivity contribution in [1.29, 1.82) is 0 Å². The standard InChI is InChI=1S/C19H34N4O3S/c1-6-20-19(21-12-7-13-22-27(5,24)25)23-16(4)17-8-10-18(11-9-17)26-14-15(2)3/h8-11,15-16,22H,6-7,12-14H2,1-5H3,(H2,20,21,23). The molecule has 1 atom stereocenters. The highest BCUT2D eigenvalue weighted by molar-refractivity contribution is 7.88. The molecule has 0 bridgehead atoms. The normalized spacial score (nSPS) is 13.5. The molecule has 7 nitrogen and oxygen atoms in total. The topological polar surface area (TPSA) is 91.8 Å². The molecule has 0 spiro atoms. The Morgan fingerprint density at radius 3 is 2.41 bits per heavy atom. The molecule has 0 radical (unpaired) electrons. The zero-order valence-electron chi connectivity index (χ0n) is 17.1. The van der Waals surface area contributed by atoms with Gasteiger partial charge in [0, 0.05) is 19.6 Å². The number of nitrogens with one attached hydrogen (secondary N) is 3. The van der Waals surface area contributed by atoms with E-state index in [1.807, 2.05) is 31.2 Å². The maximum atomic E-state index is 11.1. The summed E-state index contributed by atoms with van der Waals surface area (Å²) in [6.45, 7) is 10.7. The molecular weight excluding hydrogens is 364 g/mol. The van der Waals surface area contributed by atoms with E-state index in [0.29, 0.717) is 38.0 Å². The number of aliphatic imine (C=N–C) groups is 1. The second kappa shape index (κ2) is 11.8. The number of nitrogens with zero attached hydrogens (tertiary/aromatic N) is 1. The van der Waals surface area contributed by atoms with Crippen molar-refractivity contribution in [2.45, 2.75) is 40.2 Å². The number of benzene rings is 1. The molecule has 1 rings (SSSR count). The maximum Gasteiger partial charge on any atom is 0.208 e. The molecule has 0 aliphatic heterocycles. The van der Waals surface area contributed by atoms with Gasteiger partial charge in [0.1, 0.15) is 5.75 Å². The first kappa shape index (κ1) is 23.2. The molecule has 1 aromatic rings. The van der Waals surface area contributed by atoms with Gasteiger partial charge in [-0.05, 0) is 43.9 Å². The second-order valence-corrected chi connectivity index (χ2v) is 8.75. The Morgan fingerprint density at radius 2 is 1.85 bits per heavy atom. The Bertz CT molecular complexity index is 673. The van der Waals surface area contributed by atoms with Crippen LogP contribution in [0.1, 0.15) is 45.7 Å². The zero-order chi connectivity index (χ0) is 20.3. The summed E-state index contributed by atoms with van der Waals surface area (Å²) < 4.78 is 30.3. The van der Waals surface area contributed by atoms with Crippen LogP contribution in [0.25, 0.3) is 0 Å². The largest absolute Gasteiger partial charge is 0.493 e. The van der Waals surface area contributed by atoms with Crippen LogP contribution in [0, 0.1) is 5.92 Å². The Morgan fingerprint density at radius 1 is 1.19 bits per heavy atom. The van der Waals surface area contributed by atoms with Crippen molar-refractivity contribution in [3.63, 3.8) is 0 Å². The number of sulfonamides is 1. The van der Waals surface area contributed by atoms with Gasteiger partial charge in [0.05, 0.1) is 18.9 Å². The van der Waals surface area contributed by atoms with E-state index in [1.54, 1.807) is 0 Å². The van der Waals surface area contributed by atoms with Gasteiger partial charge in [-0.3, -0.25) is 4.99 Å². The highest BCUT2D eigenvalue weighted by Gasteiger charge is 2.08. The first-order chi connectivity index (χ1) is 12.7. The fraction of sp³-hybridized carbons (Fsp3) is 0.632. The lowest BCUT2D eigenvalue weighted by Gasteiger charge is -2.18. The fourth-order valence-electron chi connectivity index (χ4n) is 2.25. The number of rotatable bonds is 11. The molecule has 0 saturated carbocycles. The summed E-state index contributed by atoms with van der Waals surface area (Å²) in [4.78, 5) is 4.50. The van der Waals surface area contributed by atoms with Crippen molar-refractivity contribution < 1.29 is 13.2 Å². The predicted octanol–water partition coefficient (Wildman–Crippen LogP) is 2.28. The van der Waals surface area contributed by atoms with Crippen LogP contribution in [0.4, 0.5) is 0 Å². The number of hydrogen-bond acceptors (Lipinski definition) is 4. The quantitative estimate of drug-likeness (QED) is 0.302. The van der Waals surface area contributed by atoms with Crippen molar-refractivity contribution in [2.75, 3.05) is 32.5 Å². The Hall–Kier alpha value is -1.80. The molecule has 0 heterocycles. The van der Waals surface area contributed by atoms with Crippen molar-refractivity contribution in [3.8, 4) is 5.75 Å². The van der Waals surface area contributed by atoms with Crippen molar-refractivity contribution in [1.82, 2.24) is 15.4 Å². The predicted molar refractivity (Wildman–Crippen MR) is 112 cm³/mol. The Kier molecular flexibility index (Phi) is 10.2. The lowest BCUT2D eigenvalue weighted by atomic mass is 10.1. The minimum absolute atomic E-state index is 0.0797. The van der Waals surface area contributed by atoms with Gasteiger partial charge in [0.2, 0.25) is 10.0 Å². The Labute approximate surface area is 164 Å². The molecule has 8 heteroatoms. The molecule has 0 saturated heterocycles. The van der Waals surface area contributed by atoms with E-state index in [1.165, 1.54) is 0 Å². The highest BCUT2D eigenvalue weighted by atomic mass is 32.2. The van der Waals surface area contributed by atoms with Gasteiger partial charge in [0.25, 0.3) is 0 Å². The summed E-state index contributed by atoms with van der Waals surface area (Å²) in [6, 6.07) is 8.14. The fourth-order valence-corrected chi connectivity index (χ4v) is 2.77. The number of hydrogen-bond donors (Lipinski definition) is 3. The average molecular weight is 399 g/mol. The van der Waals surface area contributed by atoms with Gasteiger partial charge in [-0.2, -0.15) is 0 Å². The van der Waals surface area contributed by atoms with Crippen LogP contribution in [-0.2, 0) is 10.0 Å². The van der Waals surface area contributed by atoms with E-state index >= 15 is 0 Å². The zero-order valence-corrected chi connectivity index (χ0v) is 17.9. The molecule has 3 N–H and O–H groups in total. The monoisotopic (exact) mass is 398 g/mol. The minimum atomic E-state index is -3.14. The minimum Gasteiger partial charge on any atom is -0.493 e. The van der Waals surface area contributed by atoms with Gasteiger partial charge >= 0.3 is 0 Å². The molecule has 0 aromatic heterocycles. The highest BCUT2D eigenvalue weighted by Crippen LogP contribution is 2.18. The second-order valence-electron chi connectivity index (χ2n) is 6.92. The summed E-state index contributed by atoms with van der Waals surface area (Å²) in [5, 5.41) is 6.58. The van der Waals surface area contributed by atoms with Gasteiger partial charge in [-0.25, -0.2) is 13.1 Å². The smallest absolute Gasteiger partial charge is 0.208 e. The van der Waals surface area contributed by atoms with Crippen molar-refractivity contribution in [3.05, 3.63) is 29.8 Å². The average Bonchev–Trinajstić information content (AvgIpc) is 2.59. The van der Waals surface area contributed by atoms with Gasteiger partial charge in [-0.15, -0.1) is 0 Å². The van der Waals surface area contributed by atoms with E-state index < -0.39 is 10.0 Å². The summed E-state index contributed by atoms with van der Waals surface area (Å²) in [5.41, 5.74) is 1.14. The first-order valence-corrected chi connectivity index (χ1v) is 11.3. The van der Waals surface area contributed by atoms with Crippen LogP contribution in [0.5, 0.6) is 5.75 Å². The van der Waals surface area contributed by atoms with E-state index in [2.05, 4.69) is 41.1 Å². The Balaban J connectivity index is 2.55. The van der Waals surface area contributed by atoms with Crippen LogP contribution in [0.15, 0.2) is 29.3 Å². The van der Waals surface area contributed by atoms with E-state index in [4.69, 9.17) is 4.74 Å². The molecule has 1 aromatic carbocycles. The van der Waals surface area contributed by atoms with Crippen LogP contribution >= 0.6 is 0 Å². The van der Waals surface area contributed by atoms with Crippen molar-refractivity contribution >= 4 is 16.0 Å². The molecule has 0 aliphatic carbocycles. The number of guanidine groups is 1. The van der Waals surface area contributed by atoms with Crippen LogP contribution < -0.4 is 20.1 Å². The van der Waals surface area contributed by atoms with E-state index in [9.17, 15) is 8.42 Å². The number of ether oxygens (including phenoxy) is 1. The van der Waals surface area contributed by atoms with E-state index in [-0.39, 0.29) is 6.04 Å². The molecule has 0 fully saturated rings. The van der Waals surface area contributed by atoms with Crippen LogP contribution in [0.2, 0.25) is 0 Å².